The zero-order valence-electron chi connectivity index (χ0n) is 72.7. The zero-order valence-corrected chi connectivity index (χ0v) is 72.7. The van der Waals surface area contributed by atoms with Gasteiger partial charge in [-0.05, 0) is 206 Å². The van der Waals surface area contributed by atoms with Crippen molar-refractivity contribution in [3.63, 3.8) is 0 Å². The summed E-state index contributed by atoms with van der Waals surface area (Å²) in [7, 11) is 0. The van der Waals surface area contributed by atoms with Crippen molar-refractivity contribution in [2.75, 3.05) is 52.9 Å². The number of hydrogen-bond acceptors (Lipinski definition) is 16. The van der Waals surface area contributed by atoms with Crippen LogP contribution in [0.4, 0.5) is 0 Å². The summed E-state index contributed by atoms with van der Waals surface area (Å²) in [5.41, 5.74) is -0.777. The van der Waals surface area contributed by atoms with Crippen LogP contribution in [0.15, 0.2) is 0 Å². The Labute approximate surface area is 626 Å². The van der Waals surface area contributed by atoms with E-state index in [4.69, 9.17) is 71.5 Å². The van der Waals surface area contributed by atoms with Gasteiger partial charge in [0.1, 0.15) is 0 Å². The molecule has 1 aliphatic rings. The molecule has 3 unspecified atom stereocenters. The van der Waals surface area contributed by atoms with Gasteiger partial charge in [-0.2, -0.15) is 0 Å². The van der Waals surface area contributed by atoms with Crippen LogP contribution >= 0.6 is 0 Å². The van der Waals surface area contributed by atoms with Crippen LogP contribution in [0, 0.1) is 101 Å². The molecule has 16 nitrogen and oxygen atoms in total. The number of hydrogen-bond donors (Lipinski definition) is 16. The lowest BCUT2D eigenvalue weighted by Crippen LogP contribution is -2.32. The van der Waals surface area contributed by atoms with Gasteiger partial charge in [0.15, 0.2) is 0 Å². The lowest BCUT2D eigenvalue weighted by atomic mass is 9.79. The molecule has 0 aromatic rings. The minimum absolute atomic E-state index is 0. The Hall–Kier alpha value is -0.640. The van der Waals surface area contributed by atoms with E-state index in [0.29, 0.717) is 134 Å². The van der Waals surface area contributed by atoms with Gasteiger partial charge in [0, 0.05) is 45.6 Å². The first-order valence-electron chi connectivity index (χ1n) is 39.3. The molecule has 1 saturated carbocycles. The van der Waals surface area contributed by atoms with Crippen LogP contribution in [0.2, 0.25) is 0 Å². The third-order valence-corrected chi connectivity index (χ3v) is 15.4. The molecule has 0 aromatic carbocycles. The number of aliphatic hydroxyl groups excluding tert-OH is 14. The molecular formula is C84H194O16. The van der Waals surface area contributed by atoms with Gasteiger partial charge >= 0.3 is 0 Å². The van der Waals surface area contributed by atoms with Crippen LogP contribution in [0.5, 0.6) is 0 Å². The predicted octanol–water partition coefficient (Wildman–Crippen LogP) is 17.1. The maximum atomic E-state index is 10.0. The summed E-state index contributed by atoms with van der Waals surface area (Å²) < 4.78 is 0. The second kappa shape index (κ2) is 87.3. The Bertz CT molecular complexity index is 1280. The van der Waals surface area contributed by atoms with Crippen molar-refractivity contribution in [3.05, 3.63) is 0 Å². The SMILES string of the molecule is C.CC(C)C(C)CO.CC(C)C(CO)CO.CC(C)CC(C)(C)O.CC(C)CC(C)O.CC(C)CC(O)CO.CC(C)CC1(O)CCCCC1.CC(C)CCO.CC(C)C[C@@H](C)O.CC(C)C[C@H](C)O.CC(C)C[C@H](O)CO.CC(C)[C@@H](C)CO.CC(C)[C@H](C)CO.CC[C@H](O)CC(C)C. The highest BCUT2D eigenvalue weighted by Crippen LogP contribution is 2.33. The molecule has 626 valence electrons. The van der Waals surface area contributed by atoms with E-state index in [1.165, 1.54) is 19.3 Å². The molecule has 16 N–H and O–H groups in total. The van der Waals surface area contributed by atoms with E-state index in [0.717, 1.165) is 64.2 Å². The van der Waals surface area contributed by atoms with Gasteiger partial charge < -0.3 is 81.7 Å². The predicted molar refractivity (Wildman–Crippen MR) is 437 cm³/mol. The standard InChI is InChI=1S/C10H20O.2C7H16O.3C6H14O2.6C6H14O.C5H12O.CH4/c1-9(2)8-10(11)6-4-3-5-7-10;1-6(2)5-7(3,4)8;1-4-7(8)5-6(2)3;1-5(2)6(3-7)4-8;2*1-5(2)3-6(8)4-7;3*1-5(2)6(3)4-7;3*1-5(2)4-6(3)7;1-5(2)3-4-6;/h9,11H,3-8H2,1-2H3;6,8H,5H2,1-4H3;6-8H,4-5H2,1-3H3;3*5-8H,3-4H2,1-2H3;6*5-7H,4H2,1-3H3;5-6H,3-4H2,1-2H3;1H4/t;;7-;;6-;;2*6-;;2*6-;;;/m..0.0.10.10.../s1. The molecule has 1 fully saturated rings. The highest BCUT2D eigenvalue weighted by Gasteiger charge is 2.29. The van der Waals surface area contributed by atoms with Crippen molar-refractivity contribution in [1.29, 1.82) is 0 Å². The molecule has 100 heavy (non-hydrogen) atoms. The minimum Gasteiger partial charge on any atom is -0.396 e. The average Bonchev–Trinajstić information content (AvgIpc) is 0.876. The molecular weight excluding hydrogens is 1260 g/mol. The van der Waals surface area contributed by atoms with Gasteiger partial charge in [-0.25, -0.2) is 0 Å². The highest BCUT2D eigenvalue weighted by molar-refractivity contribution is 4.83. The van der Waals surface area contributed by atoms with Gasteiger partial charge in [0.25, 0.3) is 0 Å². The molecule has 0 amide bonds. The Morgan fingerprint density at radius 3 is 0.650 bits per heavy atom. The average molecular weight is 1460 g/mol. The summed E-state index contributed by atoms with van der Waals surface area (Å²) in [6, 6.07) is 0. The lowest BCUT2D eigenvalue weighted by molar-refractivity contribution is -0.0139. The van der Waals surface area contributed by atoms with E-state index in [-0.39, 0.29) is 69.8 Å². The molecule has 0 radical (unpaired) electrons. The van der Waals surface area contributed by atoms with Crippen LogP contribution in [-0.2, 0) is 0 Å². The summed E-state index contributed by atoms with van der Waals surface area (Å²) in [6.45, 7) is 72.9. The first kappa shape index (κ1) is 129. The molecule has 0 bridgehead atoms. The van der Waals surface area contributed by atoms with E-state index in [9.17, 15) is 10.2 Å². The summed E-state index contributed by atoms with van der Waals surface area (Å²) >= 11 is 0. The van der Waals surface area contributed by atoms with E-state index < -0.39 is 17.8 Å². The first-order valence-corrected chi connectivity index (χ1v) is 39.3. The van der Waals surface area contributed by atoms with Crippen molar-refractivity contribution >= 4 is 0 Å². The van der Waals surface area contributed by atoms with Crippen LogP contribution in [0.25, 0.3) is 0 Å². The fraction of sp³-hybridized carbons (Fsp3) is 1.00. The molecule has 0 spiro atoms. The third kappa shape index (κ3) is 147. The van der Waals surface area contributed by atoms with Gasteiger partial charge in [0.2, 0.25) is 0 Å². The van der Waals surface area contributed by atoms with Crippen molar-refractivity contribution in [2.24, 2.45) is 101 Å². The molecule has 16 heteroatoms. The fourth-order valence-electron chi connectivity index (χ4n) is 8.54. The number of rotatable bonds is 30. The minimum atomic E-state index is -0.519. The van der Waals surface area contributed by atoms with Crippen LogP contribution in [0.1, 0.15) is 346 Å². The second-order valence-corrected chi connectivity index (χ2v) is 34.3. The molecule has 0 aliphatic heterocycles. The number of aliphatic hydroxyl groups is 16. The van der Waals surface area contributed by atoms with Gasteiger partial charge in [0.05, 0.1) is 61.0 Å². The Kier molecular flexibility index (Phi) is 112. The monoisotopic (exact) mass is 1460 g/mol. The van der Waals surface area contributed by atoms with Gasteiger partial charge in [-0.15, -0.1) is 0 Å². The Balaban J connectivity index is -0.0000000747. The first-order chi connectivity index (χ1) is 44.9. The highest BCUT2D eigenvalue weighted by atomic mass is 16.3. The third-order valence-electron chi connectivity index (χ3n) is 15.4. The molecule has 0 aromatic heterocycles. The Morgan fingerprint density at radius 1 is 0.320 bits per heavy atom. The van der Waals surface area contributed by atoms with Crippen molar-refractivity contribution in [2.45, 2.75) is 394 Å². The summed E-state index contributed by atoms with van der Waals surface area (Å²) in [4.78, 5) is 0. The van der Waals surface area contributed by atoms with Crippen molar-refractivity contribution < 1.29 is 81.7 Å². The quantitative estimate of drug-likeness (QED) is 0.0318. The zero-order chi connectivity index (χ0) is 81.5. The Morgan fingerprint density at radius 2 is 0.580 bits per heavy atom. The summed E-state index contributed by atoms with van der Waals surface area (Å²) in [5, 5.41) is 139. The largest absolute Gasteiger partial charge is 0.396 e. The second-order valence-electron chi connectivity index (χ2n) is 34.3. The maximum absolute atomic E-state index is 10.0. The van der Waals surface area contributed by atoms with Gasteiger partial charge in [-0.1, -0.05) is 234 Å². The van der Waals surface area contributed by atoms with Crippen molar-refractivity contribution in [1.82, 2.24) is 0 Å². The topological polar surface area (TPSA) is 324 Å². The van der Waals surface area contributed by atoms with E-state index in [1.54, 1.807) is 0 Å². The normalized spacial score (nSPS) is 15.0. The van der Waals surface area contributed by atoms with E-state index >= 15 is 0 Å². The summed E-state index contributed by atoms with van der Waals surface area (Å²) in [6.07, 6.45) is 13.1. The van der Waals surface area contributed by atoms with E-state index in [2.05, 4.69) is 138 Å². The molecule has 0 heterocycles. The van der Waals surface area contributed by atoms with Crippen LogP contribution in [-0.4, -0.2) is 182 Å². The lowest BCUT2D eigenvalue weighted by Gasteiger charge is -2.33. The molecule has 1 aliphatic carbocycles. The molecule has 0 saturated heterocycles. The fourth-order valence-corrected chi connectivity index (χ4v) is 8.54. The van der Waals surface area contributed by atoms with Gasteiger partial charge in [-0.3, -0.25) is 0 Å². The molecule has 9 atom stereocenters. The smallest absolute Gasteiger partial charge is 0.0773 e. The maximum Gasteiger partial charge on any atom is 0.0773 e. The molecule has 1 rings (SSSR count). The van der Waals surface area contributed by atoms with Crippen LogP contribution in [0.3, 0.4) is 0 Å². The van der Waals surface area contributed by atoms with E-state index in [1.807, 2.05) is 104 Å². The summed E-state index contributed by atoms with van der Waals surface area (Å²) in [5.74, 6) is 8.99. The van der Waals surface area contributed by atoms with Crippen LogP contribution < -0.4 is 0 Å². The van der Waals surface area contributed by atoms with Crippen molar-refractivity contribution in [3.8, 4) is 0 Å².